The van der Waals surface area contributed by atoms with Crippen molar-refractivity contribution < 1.29 is 13.2 Å². The second-order valence-electron chi connectivity index (χ2n) is 4.12. The first-order valence-electron chi connectivity index (χ1n) is 5.26. The van der Waals surface area contributed by atoms with E-state index in [9.17, 15) is 13.2 Å². The molecule has 4 nitrogen and oxygen atoms in total. The Bertz CT molecular complexity index is 522. The highest BCUT2D eigenvalue weighted by atomic mass is 32.2. The molecular weight excluding hydrogens is 258 g/mol. The van der Waals surface area contributed by atoms with Crippen LogP contribution in [-0.2, 0) is 9.84 Å². The van der Waals surface area contributed by atoms with E-state index >= 15 is 0 Å². The van der Waals surface area contributed by atoms with Crippen LogP contribution in [0.25, 0.3) is 0 Å². The molecule has 6 heteroatoms. The van der Waals surface area contributed by atoms with Gasteiger partial charge in [0.15, 0.2) is 9.84 Å². The fourth-order valence-corrected chi connectivity index (χ4v) is 3.61. The van der Waals surface area contributed by atoms with Crippen LogP contribution in [0.15, 0.2) is 29.2 Å². The van der Waals surface area contributed by atoms with Gasteiger partial charge in [0.1, 0.15) is 0 Å². The van der Waals surface area contributed by atoms with Gasteiger partial charge in [-0.3, -0.25) is 4.79 Å². The number of hydrogen-bond acceptors (Lipinski definition) is 4. The van der Waals surface area contributed by atoms with Crippen LogP contribution >= 0.6 is 12.6 Å². The molecule has 1 N–H and O–H groups in total. The molecule has 0 aliphatic carbocycles. The van der Waals surface area contributed by atoms with Gasteiger partial charge < -0.3 is 5.32 Å². The maximum atomic E-state index is 11.8. The number of rotatable bonds is 2. The van der Waals surface area contributed by atoms with Gasteiger partial charge in [-0.15, -0.1) is 12.6 Å². The monoisotopic (exact) mass is 271 g/mol. The van der Waals surface area contributed by atoms with Crippen LogP contribution in [0.3, 0.4) is 0 Å². The van der Waals surface area contributed by atoms with Crippen LogP contribution in [0.2, 0.25) is 0 Å². The summed E-state index contributed by atoms with van der Waals surface area (Å²) in [5.41, 5.74) is 0.520. The molecule has 1 aromatic rings. The zero-order valence-electron chi connectivity index (χ0n) is 9.09. The molecule has 1 amide bonds. The number of carbonyl (C=O) groups is 1. The lowest BCUT2D eigenvalue weighted by Crippen LogP contribution is -2.35. The average Bonchev–Trinajstić information content (AvgIpc) is 2.59. The maximum absolute atomic E-state index is 11.8. The van der Waals surface area contributed by atoms with Crippen molar-refractivity contribution in [3.8, 4) is 0 Å². The Morgan fingerprint density at radius 3 is 2.47 bits per heavy atom. The second kappa shape index (κ2) is 4.70. The summed E-state index contributed by atoms with van der Waals surface area (Å²) < 4.78 is 22.5. The Morgan fingerprint density at radius 1 is 1.29 bits per heavy atom. The first-order valence-corrected chi connectivity index (χ1v) is 7.53. The van der Waals surface area contributed by atoms with Gasteiger partial charge in [-0.1, -0.05) is 0 Å². The minimum absolute atomic E-state index is 0.0450. The lowest BCUT2D eigenvalue weighted by atomic mass is 10.2. The Kier molecular flexibility index (Phi) is 3.44. The maximum Gasteiger partial charge on any atom is 0.251 e. The van der Waals surface area contributed by atoms with E-state index in [0.29, 0.717) is 12.0 Å². The van der Waals surface area contributed by atoms with Crippen molar-refractivity contribution >= 4 is 28.4 Å². The minimum atomic E-state index is -2.96. The highest BCUT2D eigenvalue weighted by Crippen LogP contribution is 2.13. The molecule has 0 saturated carbocycles. The molecule has 1 atom stereocenters. The van der Waals surface area contributed by atoms with Crippen molar-refractivity contribution in [1.29, 1.82) is 0 Å². The van der Waals surface area contributed by atoms with Gasteiger partial charge in [0.2, 0.25) is 0 Å². The fourth-order valence-electron chi connectivity index (χ4n) is 1.79. The third-order valence-electron chi connectivity index (χ3n) is 2.70. The van der Waals surface area contributed by atoms with E-state index < -0.39 is 9.84 Å². The number of hydrogen-bond donors (Lipinski definition) is 2. The summed E-state index contributed by atoms with van der Waals surface area (Å²) in [5.74, 6) is -0.0304. The van der Waals surface area contributed by atoms with Gasteiger partial charge in [0.25, 0.3) is 5.91 Å². The zero-order chi connectivity index (χ0) is 12.5. The van der Waals surface area contributed by atoms with Crippen LogP contribution in [0.1, 0.15) is 16.8 Å². The molecule has 0 spiro atoms. The zero-order valence-corrected chi connectivity index (χ0v) is 10.8. The summed E-state index contributed by atoms with van der Waals surface area (Å²) >= 11 is 4.13. The lowest BCUT2D eigenvalue weighted by molar-refractivity contribution is 0.0941. The van der Waals surface area contributed by atoms with Crippen LogP contribution in [0.4, 0.5) is 0 Å². The van der Waals surface area contributed by atoms with Crippen LogP contribution in [0.5, 0.6) is 0 Å². The molecule has 1 unspecified atom stereocenters. The minimum Gasteiger partial charge on any atom is -0.348 e. The second-order valence-corrected chi connectivity index (χ2v) is 6.87. The number of thiol groups is 1. The summed E-state index contributed by atoms with van der Waals surface area (Å²) in [6.45, 7) is 0. The summed E-state index contributed by atoms with van der Waals surface area (Å²) in [5, 5.41) is 2.73. The Hall–Kier alpha value is -1.01. The van der Waals surface area contributed by atoms with Crippen LogP contribution in [0, 0.1) is 0 Å². The quantitative estimate of drug-likeness (QED) is 0.785. The number of nitrogens with one attached hydrogen (secondary N) is 1. The van der Waals surface area contributed by atoms with Gasteiger partial charge in [0, 0.05) is 16.5 Å². The Labute approximate surface area is 106 Å². The van der Waals surface area contributed by atoms with Crippen molar-refractivity contribution in [2.24, 2.45) is 0 Å². The van der Waals surface area contributed by atoms with E-state index in [2.05, 4.69) is 17.9 Å². The van der Waals surface area contributed by atoms with Crippen molar-refractivity contribution in [3.05, 3.63) is 29.8 Å². The van der Waals surface area contributed by atoms with Crippen molar-refractivity contribution in [1.82, 2.24) is 5.32 Å². The number of carbonyl (C=O) groups excluding carboxylic acids is 1. The number of amides is 1. The molecule has 92 valence electrons. The van der Waals surface area contributed by atoms with E-state index in [1.54, 1.807) is 24.3 Å². The molecule has 1 heterocycles. The third kappa shape index (κ3) is 3.23. The molecule has 1 saturated heterocycles. The molecular formula is C11H13NO3S2. The average molecular weight is 271 g/mol. The van der Waals surface area contributed by atoms with E-state index in [0.717, 1.165) is 4.90 Å². The van der Waals surface area contributed by atoms with Gasteiger partial charge in [-0.25, -0.2) is 8.42 Å². The van der Waals surface area contributed by atoms with Gasteiger partial charge in [0.05, 0.1) is 11.5 Å². The van der Waals surface area contributed by atoms with E-state index in [-0.39, 0.29) is 23.5 Å². The third-order valence-corrected chi connectivity index (χ3v) is 4.76. The predicted octanol–water partition coefficient (Wildman–Crippen LogP) is 0.892. The molecule has 1 aliphatic heterocycles. The molecule has 0 radical (unpaired) electrons. The SMILES string of the molecule is O=C(NC1CCS(=O)(=O)C1)c1ccc(S)cc1. The molecule has 17 heavy (non-hydrogen) atoms. The summed E-state index contributed by atoms with van der Waals surface area (Å²) in [7, 11) is -2.96. The molecule has 1 aromatic carbocycles. The largest absolute Gasteiger partial charge is 0.348 e. The summed E-state index contributed by atoms with van der Waals surface area (Å²) in [6, 6.07) is 6.53. The Balaban J connectivity index is 2.01. The highest BCUT2D eigenvalue weighted by molar-refractivity contribution is 7.91. The first kappa shape index (κ1) is 12.4. The van der Waals surface area contributed by atoms with Crippen LogP contribution in [-0.4, -0.2) is 31.9 Å². The van der Waals surface area contributed by atoms with Crippen LogP contribution < -0.4 is 5.32 Å². The molecule has 0 aromatic heterocycles. The molecule has 0 bridgehead atoms. The lowest BCUT2D eigenvalue weighted by Gasteiger charge is -2.10. The van der Waals surface area contributed by atoms with Gasteiger partial charge >= 0.3 is 0 Å². The normalized spacial score (nSPS) is 22.3. The topological polar surface area (TPSA) is 63.2 Å². The van der Waals surface area contributed by atoms with E-state index in [1.807, 2.05) is 0 Å². The van der Waals surface area contributed by atoms with Gasteiger partial charge in [-0.2, -0.15) is 0 Å². The van der Waals surface area contributed by atoms with Crippen molar-refractivity contribution in [2.75, 3.05) is 11.5 Å². The number of sulfone groups is 1. The summed E-state index contributed by atoms with van der Waals surface area (Å²) in [6.07, 6.45) is 0.499. The Morgan fingerprint density at radius 2 is 1.94 bits per heavy atom. The van der Waals surface area contributed by atoms with E-state index in [4.69, 9.17) is 0 Å². The standard InChI is InChI=1S/C11H13NO3S2/c13-11(8-1-3-10(16)4-2-8)12-9-5-6-17(14,15)7-9/h1-4,9,16H,5-7H2,(H,12,13). The molecule has 2 rings (SSSR count). The van der Waals surface area contributed by atoms with Crippen molar-refractivity contribution in [3.63, 3.8) is 0 Å². The molecule has 1 fully saturated rings. The highest BCUT2D eigenvalue weighted by Gasteiger charge is 2.28. The predicted molar refractivity (Wildman–Crippen MR) is 68.2 cm³/mol. The van der Waals surface area contributed by atoms with Crippen molar-refractivity contribution in [2.45, 2.75) is 17.4 Å². The van der Waals surface area contributed by atoms with E-state index in [1.165, 1.54) is 0 Å². The molecule has 1 aliphatic rings. The van der Waals surface area contributed by atoms with Gasteiger partial charge in [-0.05, 0) is 30.7 Å². The summed E-state index contributed by atoms with van der Waals surface area (Å²) in [4.78, 5) is 12.6. The first-order chi connectivity index (χ1) is 7.96. The fraction of sp³-hybridized carbons (Fsp3) is 0.364. The smallest absolute Gasteiger partial charge is 0.251 e. The number of benzene rings is 1.